The Bertz CT molecular complexity index is 1270. The standard InChI is InChI=1S/C30H29B2NO/c1-32(2,24-23-25-15-7-3-8-16-25)33-29(26-17-9-4-10-18-26)30(27-19-11-5-12-20-27)34-31(33)28-21-13-6-14-22-28/h3-22,29-30,33H,1-2H3/t29-,30+/m0/s1. The average Bonchev–Trinajstić information content (AvgIpc) is 3.32. The molecule has 34 heavy (non-hydrogen) atoms. The highest BCUT2D eigenvalue weighted by molar-refractivity contribution is 6.83. The molecule has 4 aromatic carbocycles. The van der Waals surface area contributed by atoms with Gasteiger partial charge >= 0.3 is 7.05 Å². The summed E-state index contributed by atoms with van der Waals surface area (Å²) in [5.41, 5.74) is 4.72. The Kier molecular flexibility index (Phi) is 6.41. The van der Waals surface area contributed by atoms with Crippen LogP contribution in [0.2, 0.25) is 13.6 Å². The van der Waals surface area contributed by atoms with Gasteiger partial charge in [-0.15, -0.1) is 19.6 Å². The molecule has 1 unspecified atom stereocenters. The zero-order chi connectivity index (χ0) is 23.4. The van der Waals surface area contributed by atoms with Gasteiger partial charge in [-0.2, -0.15) is 0 Å². The average molecular weight is 441 g/mol. The summed E-state index contributed by atoms with van der Waals surface area (Å²) in [7, 11) is -0.114. The molecule has 1 saturated heterocycles. The summed E-state index contributed by atoms with van der Waals surface area (Å²) in [6.45, 7) is 4.60. The molecular weight excluding hydrogens is 412 g/mol. The van der Waals surface area contributed by atoms with Crippen LogP contribution in [0.1, 0.15) is 28.8 Å². The molecule has 0 spiro atoms. The molecule has 1 N–H and O–H groups in total. The monoisotopic (exact) mass is 441 g/mol. The van der Waals surface area contributed by atoms with Crippen LogP contribution >= 0.6 is 0 Å². The van der Waals surface area contributed by atoms with Gasteiger partial charge in [-0.1, -0.05) is 109 Å². The maximum atomic E-state index is 6.96. The van der Waals surface area contributed by atoms with Crippen LogP contribution in [0.3, 0.4) is 0 Å². The number of rotatable bonds is 4. The maximum Gasteiger partial charge on any atom is 0.565 e. The summed E-state index contributed by atoms with van der Waals surface area (Å²) in [5, 5.41) is 0. The van der Waals surface area contributed by atoms with Crippen molar-refractivity contribution in [1.29, 1.82) is 0 Å². The van der Waals surface area contributed by atoms with Gasteiger partial charge in [0.1, 0.15) is 6.10 Å². The fourth-order valence-electron chi connectivity index (χ4n) is 5.18. The van der Waals surface area contributed by atoms with E-state index in [0.29, 0.717) is 0 Å². The second kappa shape index (κ2) is 9.77. The molecule has 0 bridgehead atoms. The van der Waals surface area contributed by atoms with Crippen molar-refractivity contribution in [2.24, 2.45) is 0 Å². The van der Waals surface area contributed by atoms with E-state index in [1.54, 1.807) is 0 Å². The Morgan fingerprint density at radius 2 is 1.18 bits per heavy atom. The van der Waals surface area contributed by atoms with Crippen molar-refractivity contribution in [3.63, 3.8) is 0 Å². The minimum absolute atomic E-state index is 0.0662. The smallest absolute Gasteiger partial charge is 0.552 e. The van der Waals surface area contributed by atoms with Crippen molar-refractivity contribution < 1.29 is 9.38 Å². The number of hydrogen-bond donors (Lipinski definition) is 1. The topological polar surface area (TPSA) is 13.7 Å². The molecule has 5 rings (SSSR count). The quantitative estimate of drug-likeness (QED) is 0.362. The highest BCUT2D eigenvalue weighted by Gasteiger charge is 2.54. The van der Waals surface area contributed by atoms with Crippen molar-refractivity contribution in [1.82, 2.24) is 0 Å². The van der Waals surface area contributed by atoms with Crippen molar-refractivity contribution >= 4 is 18.8 Å². The zero-order valence-corrected chi connectivity index (χ0v) is 19.8. The number of nitrogens with one attached hydrogen (secondary N) is 1. The van der Waals surface area contributed by atoms with Gasteiger partial charge in [0.25, 0.3) is 6.28 Å². The SMILES string of the molecule is C[B-](C)(C#Cc1ccccc1)[NH+]1B(c2ccccc2)O[C@H](c2ccccc2)[C@@H]1c1ccccc1. The van der Waals surface area contributed by atoms with Crippen LogP contribution in [-0.2, 0) is 4.65 Å². The third-order valence-electron chi connectivity index (χ3n) is 6.82. The summed E-state index contributed by atoms with van der Waals surface area (Å²) in [6, 6.07) is 42.4. The number of quaternary nitrogens is 1. The number of hydrogen-bond acceptors (Lipinski definition) is 1. The van der Waals surface area contributed by atoms with Crippen molar-refractivity contribution in [3.05, 3.63) is 138 Å². The third-order valence-corrected chi connectivity index (χ3v) is 6.82. The van der Waals surface area contributed by atoms with Gasteiger partial charge in [0.2, 0.25) is 0 Å². The predicted molar refractivity (Wildman–Crippen MR) is 143 cm³/mol. The Morgan fingerprint density at radius 1 is 0.676 bits per heavy atom. The van der Waals surface area contributed by atoms with Crippen LogP contribution in [-0.4, -0.2) is 13.3 Å². The van der Waals surface area contributed by atoms with Gasteiger partial charge in [-0.05, 0) is 17.7 Å². The molecule has 166 valence electrons. The predicted octanol–water partition coefficient (Wildman–Crippen LogP) is 4.58. The first kappa shape index (κ1) is 22.3. The molecular formula is C30H29B2NO. The Balaban J connectivity index is 1.65. The number of benzene rings is 4. The molecule has 1 heterocycles. The second-order valence-electron chi connectivity index (χ2n) is 9.66. The highest BCUT2D eigenvalue weighted by Crippen LogP contribution is 2.35. The van der Waals surface area contributed by atoms with E-state index in [1.807, 2.05) is 18.2 Å². The normalized spacial score (nSPS) is 19.9. The van der Waals surface area contributed by atoms with Crippen LogP contribution in [0, 0.1) is 11.7 Å². The van der Waals surface area contributed by atoms with Crippen LogP contribution in [0.5, 0.6) is 0 Å². The minimum atomic E-state index is -1.19. The molecule has 4 aromatic rings. The minimum Gasteiger partial charge on any atom is -0.552 e. The lowest BCUT2D eigenvalue weighted by atomic mass is 9.34. The van der Waals surface area contributed by atoms with Crippen LogP contribution in [0.25, 0.3) is 0 Å². The van der Waals surface area contributed by atoms with Gasteiger partial charge in [0, 0.05) is 16.6 Å². The Hall–Kier alpha value is -3.51. The van der Waals surface area contributed by atoms with E-state index >= 15 is 0 Å². The molecule has 4 heteroatoms. The fourth-order valence-corrected chi connectivity index (χ4v) is 5.18. The molecule has 3 atom stereocenters. The lowest BCUT2D eigenvalue weighted by molar-refractivity contribution is -0.708. The van der Waals surface area contributed by atoms with Crippen molar-refractivity contribution in [2.45, 2.75) is 25.8 Å². The van der Waals surface area contributed by atoms with E-state index in [9.17, 15) is 0 Å². The Morgan fingerprint density at radius 3 is 1.76 bits per heavy atom. The first-order chi connectivity index (χ1) is 16.6. The van der Waals surface area contributed by atoms with E-state index in [0.717, 1.165) is 5.56 Å². The highest BCUT2D eigenvalue weighted by atomic mass is 16.5. The largest absolute Gasteiger partial charge is 0.565 e. The second-order valence-corrected chi connectivity index (χ2v) is 9.66. The first-order valence-electron chi connectivity index (χ1n) is 12.1. The maximum absolute atomic E-state index is 6.96. The van der Waals surface area contributed by atoms with E-state index in [1.165, 1.54) is 21.3 Å². The van der Waals surface area contributed by atoms with Crippen molar-refractivity contribution in [3.8, 4) is 11.7 Å². The van der Waals surface area contributed by atoms with Crippen LogP contribution < -0.4 is 10.2 Å². The molecule has 1 aliphatic heterocycles. The van der Waals surface area contributed by atoms with E-state index < -0.39 is 6.28 Å². The Labute approximate surface area is 203 Å². The molecule has 0 aliphatic carbocycles. The van der Waals surface area contributed by atoms with Gasteiger partial charge in [0.05, 0.1) is 6.04 Å². The van der Waals surface area contributed by atoms with Gasteiger partial charge in [0.15, 0.2) is 0 Å². The van der Waals surface area contributed by atoms with Gasteiger partial charge < -0.3 is 9.38 Å². The van der Waals surface area contributed by atoms with Crippen LogP contribution in [0.4, 0.5) is 0 Å². The molecule has 0 aromatic heterocycles. The van der Waals surface area contributed by atoms with E-state index in [-0.39, 0.29) is 19.2 Å². The summed E-state index contributed by atoms with van der Waals surface area (Å²) in [5.74, 6) is 7.15. The first-order valence-corrected chi connectivity index (χ1v) is 12.1. The van der Waals surface area contributed by atoms with Gasteiger partial charge in [-0.25, -0.2) is 5.82 Å². The zero-order valence-electron chi connectivity index (χ0n) is 19.8. The molecule has 1 fully saturated rings. The van der Waals surface area contributed by atoms with Crippen LogP contribution in [0.15, 0.2) is 121 Å². The summed E-state index contributed by atoms with van der Waals surface area (Å²) >= 11 is 0. The molecule has 0 amide bonds. The summed E-state index contributed by atoms with van der Waals surface area (Å²) in [4.78, 5) is 0. The lowest BCUT2D eigenvalue weighted by Crippen LogP contribution is -3.26. The summed E-state index contributed by atoms with van der Waals surface area (Å²) < 4.78 is 8.33. The van der Waals surface area contributed by atoms with Crippen molar-refractivity contribution in [2.75, 3.05) is 0 Å². The van der Waals surface area contributed by atoms with Gasteiger partial charge in [-0.3, -0.25) is 0 Å². The molecule has 2 nitrogen and oxygen atoms in total. The molecule has 0 radical (unpaired) electrons. The molecule has 0 saturated carbocycles. The molecule has 1 aliphatic rings. The fraction of sp³-hybridized carbons (Fsp3) is 0.133. The van der Waals surface area contributed by atoms with E-state index in [4.69, 9.17) is 4.65 Å². The lowest BCUT2D eigenvalue weighted by Gasteiger charge is -2.42. The third kappa shape index (κ3) is 4.59. The van der Waals surface area contributed by atoms with E-state index in [2.05, 4.69) is 129 Å². The summed E-state index contributed by atoms with van der Waals surface area (Å²) in [6.07, 6.45) is -1.26.